The predicted octanol–water partition coefficient (Wildman–Crippen LogP) is 6.72. The third kappa shape index (κ3) is 16.3. The lowest BCUT2D eigenvalue weighted by molar-refractivity contribution is 0.0103. The van der Waals surface area contributed by atoms with Crippen molar-refractivity contribution in [2.24, 2.45) is 0 Å². The zero-order valence-corrected chi connectivity index (χ0v) is 13.4. The van der Waals surface area contributed by atoms with Gasteiger partial charge in [-0.2, -0.15) is 0 Å². The quantitative estimate of drug-likeness (QED) is 0.260. The summed E-state index contributed by atoms with van der Waals surface area (Å²) in [4.78, 5) is 0. The summed E-state index contributed by atoms with van der Waals surface area (Å²) in [5.41, 5.74) is 0. The molecule has 18 heavy (non-hydrogen) atoms. The monoisotopic (exact) mass is 326 g/mol. The van der Waals surface area contributed by atoms with Crippen molar-refractivity contribution in [2.45, 2.75) is 89.9 Å². The van der Waals surface area contributed by atoms with Gasteiger partial charge in [0.2, 0.25) is 5.92 Å². The van der Waals surface area contributed by atoms with Crippen molar-refractivity contribution in [3.63, 3.8) is 0 Å². The van der Waals surface area contributed by atoms with Gasteiger partial charge in [-0.3, -0.25) is 0 Å². The van der Waals surface area contributed by atoms with Crippen LogP contribution >= 0.6 is 15.9 Å². The lowest BCUT2D eigenvalue weighted by Gasteiger charge is -2.09. The summed E-state index contributed by atoms with van der Waals surface area (Å²) in [6.07, 6.45) is 13.3. The molecule has 0 N–H and O–H groups in total. The number of halogens is 3. The van der Waals surface area contributed by atoms with Crippen molar-refractivity contribution in [3.8, 4) is 0 Å². The Kier molecular flexibility index (Phi) is 12.6. The van der Waals surface area contributed by atoms with Gasteiger partial charge in [0.05, 0.1) is 0 Å². The zero-order chi connectivity index (χ0) is 13.7. The maximum absolute atomic E-state index is 12.5. The van der Waals surface area contributed by atoms with E-state index in [0.29, 0.717) is 6.42 Å². The van der Waals surface area contributed by atoms with Crippen LogP contribution in [0.5, 0.6) is 0 Å². The topological polar surface area (TPSA) is 0 Å². The Morgan fingerprint density at radius 3 is 1.33 bits per heavy atom. The molecule has 0 aliphatic carbocycles. The molecule has 0 spiro atoms. The number of hydrogen-bond acceptors (Lipinski definition) is 0. The largest absolute Gasteiger partial charge is 0.245 e. The fourth-order valence-electron chi connectivity index (χ4n) is 2.12. The van der Waals surface area contributed by atoms with Gasteiger partial charge in [-0.05, 0) is 19.8 Å². The first-order chi connectivity index (χ1) is 8.56. The van der Waals surface area contributed by atoms with Gasteiger partial charge in [0.15, 0.2) is 0 Å². The summed E-state index contributed by atoms with van der Waals surface area (Å²) in [6, 6.07) is 0. The van der Waals surface area contributed by atoms with Crippen LogP contribution in [0.1, 0.15) is 84.0 Å². The number of unbranched alkanes of at least 4 members (excludes halogenated alkanes) is 10. The highest BCUT2D eigenvalue weighted by molar-refractivity contribution is 9.09. The Labute approximate surface area is 120 Å². The van der Waals surface area contributed by atoms with Gasteiger partial charge in [-0.1, -0.05) is 73.7 Å². The molecule has 0 aromatic heterocycles. The van der Waals surface area contributed by atoms with E-state index in [-0.39, 0.29) is 6.42 Å². The molecule has 0 saturated carbocycles. The minimum Gasteiger partial charge on any atom is -0.207 e. The second-order valence-corrected chi connectivity index (χ2v) is 6.19. The maximum atomic E-state index is 12.5. The molecule has 0 aromatic rings. The zero-order valence-electron chi connectivity index (χ0n) is 11.8. The molecule has 0 radical (unpaired) electrons. The van der Waals surface area contributed by atoms with Crippen LogP contribution in [0.3, 0.4) is 0 Å². The van der Waals surface area contributed by atoms with E-state index in [1.54, 1.807) is 0 Å². The molecule has 0 bridgehead atoms. The lowest BCUT2D eigenvalue weighted by atomic mass is 10.0. The van der Waals surface area contributed by atoms with Crippen LogP contribution in [0.25, 0.3) is 0 Å². The van der Waals surface area contributed by atoms with Crippen molar-refractivity contribution in [3.05, 3.63) is 0 Å². The molecule has 0 atom stereocenters. The Balaban J connectivity index is 2.99. The van der Waals surface area contributed by atoms with E-state index >= 15 is 0 Å². The summed E-state index contributed by atoms with van der Waals surface area (Å²) in [5.74, 6) is -2.46. The molecule has 0 rings (SSSR count). The van der Waals surface area contributed by atoms with Crippen LogP contribution in [0, 0.1) is 0 Å². The summed E-state index contributed by atoms with van der Waals surface area (Å²) >= 11 is 3.44. The second-order valence-electron chi connectivity index (χ2n) is 5.40. The first kappa shape index (κ1) is 18.3. The van der Waals surface area contributed by atoms with Gasteiger partial charge < -0.3 is 0 Å². The smallest absolute Gasteiger partial charge is 0.207 e. The van der Waals surface area contributed by atoms with Crippen molar-refractivity contribution < 1.29 is 8.78 Å². The highest BCUT2D eigenvalue weighted by atomic mass is 79.9. The molecule has 0 aliphatic rings. The summed E-state index contributed by atoms with van der Waals surface area (Å²) in [7, 11) is 0. The standard InChI is InChI=1S/C15H29BrF2/c1-15(17,18)13-11-9-7-5-3-2-4-6-8-10-12-14-16/h2-14H2,1H3. The molecule has 0 aliphatic heterocycles. The van der Waals surface area contributed by atoms with Crippen LogP contribution in [0.4, 0.5) is 8.78 Å². The molecule has 110 valence electrons. The Morgan fingerprint density at radius 2 is 1.00 bits per heavy atom. The van der Waals surface area contributed by atoms with Crippen molar-refractivity contribution in [1.29, 1.82) is 0 Å². The van der Waals surface area contributed by atoms with Crippen LogP contribution in [0.15, 0.2) is 0 Å². The van der Waals surface area contributed by atoms with Crippen LogP contribution in [-0.4, -0.2) is 11.3 Å². The van der Waals surface area contributed by atoms with Gasteiger partial charge in [0.1, 0.15) is 0 Å². The average molecular weight is 327 g/mol. The lowest BCUT2D eigenvalue weighted by Crippen LogP contribution is -2.08. The number of rotatable bonds is 13. The Hall–Kier alpha value is 0.340. The third-order valence-electron chi connectivity index (χ3n) is 3.25. The van der Waals surface area contributed by atoms with E-state index in [1.165, 1.54) is 51.4 Å². The normalized spacial score (nSPS) is 12.0. The van der Waals surface area contributed by atoms with Crippen LogP contribution < -0.4 is 0 Å². The van der Waals surface area contributed by atoms with E-state index in [2.05, 4.69) is 15.9 Å². The van der Waals surface area contributed by atoms with Gasteiger partial charge in [-0.25, -0.2) is 8.78 Å². The van der Waals surface area contributed by atoms with Crippen molar-refractivity contribution in [2.75, 3.05) is 5.33 Å². The van der Waals surface area contributed by atoms with E-state index in [4.69, 9.17) is 0 Å². The molecule has 0 heterocycles. The Morgan fingerprint density at radius 1 is 0.667 bits per heavy atom. The van der Waals surface area contributed by atoms with E-state index in [0.717, 1.165) is 25.1 Å². The molecule has 0 unspecified atom stereocenters. The van der Waals surface area contributed by atoms with Crippen LogP contribution in [0.2, 0.25) is 0 Å². The molecule has 0 aromatic carbocycles. The Bertz CT molecular complexity index is 166. The highest BCUT2D eigenvalue weighted by Crippen LogP contribution is 2.21. The van der Waals surface area contributed by atoms with Gasteiger partial charge in [-0.15, -0.1) is 0 Å². The van der Waals surface area contributed by atoms with E-state index in [1.807, 2.05) is 0 Å². The first-order valence-corrected chi connectivity index (χ1v) is 8.62. The van der Waals surface area contributed by atoms with E-state index in [9.17, 15) is 8.78 Å². The number of hydrogen-bond donors (Lipinski definition) is 0. The predicted molar refractivity (Wildman–Crippen MR) is 79.8 cm³/mol. The van der Waals surface area contributed by atoms with Crippen molar-refractivity contribution in [1.82, 2.24) is 0 Å². The fourth-order valence-corrected chi connectivity index (χ4v) is 2.52. The minimum absolute atomic E-state index is 0.0561. The highest BCUT2D eigenvalue weighted by Gasteiger charge is 2.19. The minimum atomic E-state index is -2.46. The molecule has 3 heteroatoms. The van der Waals surface area contributed by atoms with E-state index < -0.39 is 5.92 Å². The molecular weight excluding hydrogens is 298 g/mol. The maximum Gasteiger partial charge on any atom is 0.245 e. The first-order valence-electron chi connectivity index (χ1n) is 7.50. The molecule has 0 fully saturated rings. The van der Waals surface area contributed by atoms with Gasteiger partial charge in [0, 0.05) is 11.8 Å². The molecule has 0 nitrogen and oxygen atoms in total. The fraction of sp³-hybridized carbons (Fsp3) is 1.00. The van der Waals surface area contributed by atoms with Crippen molar-refractivity contribution >= 4 is 15.9 Å². The third-order valence-corrected chi connectivity index (χ3v) is 3.81. The van der Waals surface area contributed by atoms with Crippen LogP contribution in [-0.2, 0) is 0 Å². The summed E-state index contributed by atoms with van der Waals surface area (Å²) in [5, 5.41) is 1.13. The second kappa shape index (κ2) is 12.4. The van der Waals surface area contributed by atoms with Gasteiger partial charge >= 0.3 is 0 Å². The molecule has 0 amide bonds. The van der Waals surface area contributed by atoms with Gasteiger partial charge in [0.25, 0.3) is 0 Å². The summed E-state index contributed by atoms with van der Waals surface area (Å²) < 4.78 is 25.0. The average Bonchev–Trinajstić information content (AvgIpc) is 2.29. The number of alkyl halides is 3. The summed E-state index contributed by atoms with van der Waals surface area (Å²) in [6.45, 7) is 1.02. The SMILES string of the molecule is CC(F)(F)CCCCCCCCCCCCCBr. The molecular formula is C15H29BrF2. The molecule has 0 saturated heterocycles.